The van der Waals surface area contributed by atoms with Crippen molar-refractivity contribution in [3.05, 3.63) is 56.6 Å². The van der Waals surface area contributed by atoms with Gasteiger partial charge in [0.25, 0.3) is 0 Å². The number of esters is 1. The molecule has 2 aromatic rings. The summed E-state index contributed by atoms with van der Waals surface area (Å²) >= 11 is 11.4. The van der Waals surface area contributed by atoms with Gasteiger partial charge in [0.15, 0.2) is 6.61 Å². The van der Waals surface area contributed by atoms with Crippen LogP contribution in [0.4, 0.5) is 4.39 Å². The van der Waals surface area contributed by atoms with Crippen molar-refractivity contribution < 1.29 is 18.7 Å². The molecule has 0 N–H and O–H groups in total. The minimum Gasteiger partial charge on any atom is -0.454 e. The van der Waals surface area contributed by atoms with Crippen molar-refractivity contribution in [2.45, 2.75) is 13.8 Å². The summed E-state index contributed by atoms with van der Waals surface area (Å²) in [5, 5.41) is -0.237. The van der Waals surface area contributed by atoms with Crippen molar-refractivity contribution in [2.75, 3.05) is 6.61 Å². The predicted molar refractivity (Wildman–Crippen MR) is 85.9 cm³/mol. The van der Waals surface area contributed by atoms with E-state index in [1.807, 2.05) is 18.5 Å². The zero-order valence-corrected chi connectivity index (χ0v) is 14.3. The molecule has 0 fully saturated rings. The first kappa shape index (κ1) is 17.5. The van der Waals surface area contributed by atoms with Crippen LogP contribution in [-0.2, 0) is 11.8 Å². The van der Waals surface area contributed by atoms with Crippen LogP contribution >= 0.6 is 23.2 Å². The lowest BCUT2D eigenvalue weighted by atomic mass is 10.1. The zero-order chi connectivity index (χ0) is 17.3. The summed E-state index contributed by atoms with van der Waals surface area (Å²) < 4.78 is 20.2. The van der Waals surface area contributed by atoms with E-state index in [1.165, 1.54) is 0 Å². The zero-order valence-electron chi connectivity index (χ0n) is 12.7. The molecule has 0 aliphatic heterocycles. The molecule has 0 atom stereocenters. The van der Waals surface area contributed by atoms with Gasteiger partial charge in [-0.15, -0.1) is 0 Å². The molecule has 1 aromatic heterocycles. The number of hydrogen-bond donors (Lipinski definition) is 0. The second kappa shape index (κ2) is 6.72. The number of nitrogens with zero attached hydrogens (tertiary/aromatic N) is 1. The Hall–Kier alpha value is -1.85. The molecule has 2 rings (SSSR count). The number of aromatic nitrogens is 1. The topological polar surface area (TPSA) is 48.3 Å². The Labute approximate surface area is 142 Å². The molecule has 1 heterocycles. The van der Waals surface area contributed by atoms with Crippen LogP contribution in [0, 0.1) is 19.7 Å². The molecule has 4 nitrogen and oxygen atoms in total. The Bertz CT molecular complexity index is 799. The first-order valence-corrected chi connectivity index (χ1v) is 7.45. The Morgan fingerprint density at radius 2 is 1.78 bits per heavy atom. The van der Waals surface area contributed by atoms with Crippen LogP contribution in [-0.4, -0.2) is 22.9 Å². The van der Waals surface area contributed by atoms with Crippen LogP contribution in [0.3, 0.4) is 0 Å². The van der Waals surface area contributed by atoms with E-state index in [1.54, 1.807) is 13.0 Å². The molecule has 0 bridgehead atoms. The maximum absolute atomic E-state index is 13.4. The van der Waals surface area contributed by atoms with Gasteiger partial charge in [-0.05, 0) is 32.0 Å². The first-order valence-electron chi connectivity index (χ1n) is 6.70. The summed E-state index contributed by atoms with van der Waals surface area (Å²) in [4.78, 5) is 24.1. The van der Waals surface area contributed by atoms with E-state index >= 15 is 0 Å². The van der Waals surface area contributed by atoms with Crippen molar-refractivity contribution in [2.24, 2.45) is 7.05 Å². The minimum absolute atomic E-state index is 0.0411. The second-order valence-electron chi connectivity index (χ2n) is 5.09. The smallest absolute Gasteiger partial charge is 0.340 e. The third-order valence-electron chi connectivity index (χ3n) is 3.64. The van der Waals surface area contributed by atoms with Gasteiger partial charge in [0, 0.05) is 24.0 Å². The molecule has 122 valence electrons. The van der Waals surface area contributed by atoms with Crippen molar-refractivity contribution >= 4 is 35.0 Å². The largest absolute Gasteiger partial charge is 0.454 e. The first-order chi connectivity index (χ1) is 10.7. The quantitative estimate of drug-likeness (QED) is 0.469. The highest BCUT2D eigenvalue weighted by atomic mass is 35.5. The maximum atomic E-state index is 13.4. The Morgan fingerprint density at radius 1 is 1.13 bits per heavy atom. The fourth-order valence-corrected chi connectivity index (χ4v) is 2.56. The molecule has 0 radical (unpaired) electrons. The van der Waals surface area contributed by atoms with Crippen LogP contribution in [0.1, 0.15) is 32.1 Å². The summed E-state index contributed by atoms with van der Waals surface area (Å²) in [6.45, 7) is 3.21. The standard InChI is InChI=1S/C16H14Cl2FNO3/c1-8-4-10(9(2)20(8)3)15(21)7-23-16(22)11-5-14(19)13(18)6-12(11)17/h4-6H,7H2,1-3H3. The van der Waals surface area contributed by atoms with Gasteiger partial charge in [0.05, 0.1) is 15.6 Å². The molecular formula is C16H14Cl2FNO3. The number of ether oxygens (including phenoxy) is 1. The third-order valence-corrected chi connectivity index (χ3v) is 4.24. The number of hydrogen-bond acceptors (Lipinski definition) is 3. The molecule has 0 aliphatic carbocycles. The Morgan fingerprint density at radius 3 is 2.35 bits per heavy atom. The highest BCUT2D eigenvalue weighted by Crippen LogP contribution is 2.25. The van der Waals surface area contributed by atoms with Gasteiger partial charge in [-0.25, -0.2) is 9.18 Å². The van der Waals surface area contributed by atoms with E-state index in [2.05, 4.69) is 0 Å². The van der Waals surface area contributed by atoms with E-state index in [9.17, 15) is 14.0 Å². The number of rotatable bonds is 4. The van der Waals surface area contributed by atoms with Crippen molar-refractivity contribution in [3.63, 3.8) is 0 Å². The molecule has 7 heteroatoms. The molecule has 0 unspecified atom stereocenters. The fourth-order valence-electron chi connectivity index (χ4n) is 2.10. The van der Waals surface area contributed by atoms with E-state index < -0.39 is 18.4 Å². The SMILES string of the molecule is Cc1cc(C(=O)COC(=O)c2cc(F)c(Cl)cc2Cl)c(C)n1C. The van der Waals surface area contributed by atoms with Gasteiger partial charge in [-0.1, -0.05) is 23.2 Å². The fraction of sp³-hybridized carbons (Fsp3) is 0.250. The number of Topliss-reactive ketones (excluding diaryl/α,β-unsaturated/α-hetero) is 1. The number of benzene rings is 1. The van der Waals surface area contributed by atoms with Crippen LogP contribution in [0.2, 0.25) is 10.0 Å². The second-order valence-corrected chi connectivity index (χ2v) is 5.90. The third kappa shape index (κ3) is 3.57. The lowest BCUT2D eigenvalue weighted by Crippen LogP contribution is -2.15. The van der Waals surface area contributed by atoms with E-state index in [4.69, 9.17) is 27.9 Å². The van der Waals surface area contributed by atoms with Crippen LogP contribution in [0.5, 0.6) is 0 Å². The summed E-state index contributed by atoms with van der Waals surface area (Å²) in [5.74, 6) is -2.02. The predicted octanol–water partition coefficient (Wildman–Crippen LogP) is 4.13. The number of aryl methyl sites for hydroxylation is 1. The van der Waals surface area contributed by atoms with Crippen molar-refractivity contribution in [1.29, 1.82) is 0 Å². The monoisotopic (exact) mass is 357 g/mol. The summed E-state index contributed by atoms with van der Waals surface area (Å²) in [7, 11) is 1.84. The van der Waals surface area contributed by atoms with Gasteiger partial charge in [0.1, 0.15) is 5.82 Å². The molecular weight excluding hydrogens is 344 g/mol. The van der Waals surface area contributed by atoms with Gasteiger partial charge in [0.2, 0.25) is 5.78 Å². The normalized spacial score (nSPS) is 10.7. The van der Waals surface area contributed by atoms with Gasteiger partial charge in [-0.2, -0.15) is 0 Å². The Balaban J connectivity index is 2.11. The molecule has 1 aromatic carbocycles. The van der Waals surface area contributed by atoms with Crippen LogP contribution in [0.15, 0.2) is 18.2 Å². The number of ketones is 1. The lowest BCUT2D eigenvalue weighted by Gasteiger charge is -2.07. The molecule has 0 spiro atoms. The molecule has 0 saturated heterocycles. The summed E-state index contributed by atoms with van der Waals surface area (Å²) in [5.41, 5.74) is 1.99. The maximum Gasteiger partial charge on any atom is 0.340 e. The average molecular weight is 358 g/mol. The molecule has 0 aliphatic rings. The number of halogens is 3. The molecule has 0 amide bonds. The summed E-state index contributed by atoms with van der Waals surface area (Å²) in [6.07, 6.45) is 0. The molecule has 0 saturated carbocycles. The minimum atomic E-state index is -0.885. The average Bonchev–Trinajstić information content (AvgIpc) is 2.75. The highest BCUT2D eigenvalue weighted by Gasteiger charge is 2.19. The van der Waals surface area contributed by atoms with E-state index in [0.29, 0.717) is 5.56 Å². The lowest BCUT2D eigenvalue weighted by molar-refractivity contribution is 0.0474. The van der Waals surface area contributed by atoms with E-state index in [-0.39, 0.29) is 21.4 Å². The van der Waals surface area contributed by atoms with Crippen LogP contribution < -0.4 is 0 Å². The number of carbonyl (C=O) groups excluding carboxylic acids is 2. The summed E-state index contributed by atoms with van der Waals surface area (Å²) in [6, 6.07) is 3.72. The van der Waals surface area contributed by atoms with Crippen LogP contribution in [0.25, 0.3) is 0 Å². The van der Waals surface area contributed by atoms with Crippen molar-refractivity contribution in [3.8, 4) is 0 Å². The Kier molecular flexibility index (Phi) is 5.12. The number of carbonyl (C=O) groups is 2. The highest BCUT2D eigenvalue weighted by molar-refractivity contribution is 6.36. The van der Waals surface area contributed by atoms with Gasteiger partial charge >= 0.3 is 5.97 Å². The van der Waals surface area contributed by atoms with E-state index in [0.717, 1.165) is 23.5 Å². The van der Waals surface area contributed by atoms with Gasteiger partial charge < -0.3 is 9.30 Å². The molecule has 23 heavy (non-hydrogen) atoms. The van der Waals surface area contributed by atoms with Gasteiger partial charge in [-0.3, -0.25) is 4.79 Å². The van der Waals surface area contributed by atoms with Crippen molar-refractivity contribution in [1.82, 2.24) is 4.57 Å².